The van der Waals surface area contributed by atoms with Crippen LogP contribution in [-0.2, 0) is 14.6 Å². The molecule has 0 saturated heterocycles. The molecule has 5 heteroatoms. The number of hydrogen-bond acceptors (Lipinski definition) is 3. The van der Waals surface area contributed by atoms with E-state index in [2.05, 4.69) is 17.5 Å². The lowest BCUT2D eigenvalue weighted by Crippen LogP contribution is -2.42. The van der Waals surface area contributed by atoms with E-state index in [9.17, 15) is 13.2 Å². The van der Waals surface area contributed by atoms with E-state index in [0.29, 0.717) is 11.8 Å². The summed E-state index contributed by atoms with van der Waals surface area (Å²) in [4.78, 5) is 12.8. The van der Waals surface area contributed by atoms with Crippen LogP contribution in [-0.4, -0.2) is 25.8 Å². The van der Waals surface area contributed by atoms with Gasteiger partial charge in [0.2, 0.25) is 5.91 Å². The zero-order valence-electron chi connectivity index (χ0n) is 14.4. The van der Waals surface area contributed by atoms with Gasteiger partial charge in [-0.3, -0.25) is 4.79 Å². The Morgan fingerprint density at radius 3 is 2.33 bits per heavy atom. The van der Waals surface area contributed by atoms with Crippen LogP contribution in [0.1, 0.15) is 36.9 Å². The molecule has 1 saturated carbocycles. The van der Waals surface area contributed by atoms with Crippen molar-refractivity contribution in [1.82, 2.24) is 5.32 Å². The zero-order chi connectivity index (χ0) is 17.5. The van der Waals surface area contributed by atoms with Crippen molar-refractivity contribution >= 4 is 15.7 Å². The molecule has 1 amide bonds. The quantitative estimate of drug-likeness (QED) is 0.833. The first-order valence-corrected chi connectivity index (χ1v) is 10.5. The van der Waals surface area contributed by atoms with E-state index in [1.807, 2.05) is 31.2 Å². The predicted molar refractivity (Wildman–Crippen MR) is 95.2 cm³/mol. The van der Waals surface area contributed by atoms with E-state index in [-0.39, 0.29) is 11.8 Å². The molecule has 24 heavy (non-hydrogen) atoms. The minimum atomic E-state index is -3.27. The lowest BCUT2D eigenvalue weighted by Gasteiger charge is -2.27. The van der Waals surface area contributed by atoms with Gasteiger partial charge in [0.05, 0.1) is 11.3 Å². The highest BCUT2D eigenvalue weighted by Gasteiger charge is 2.41. The molecule has 130 valence electrons. The Morgan fingerprint density at radius 1 is 1.17 bits per heavy atom. The van der Waals surface area contributed by atoms with E-state index < -0.39 is 21.1 Å². The number of amides is 1. The smallest absolute Gasteiger partial charge is 0.224 e. The van der Waals surface area contributed by atoms with Crippen LogP contribution in [0.5, 0.6) is 0 Å². The van der Waals surface area contributed by atoms with Gasteiger partial charge in [-0.1, -0.05) is 42.0 Å². The summed E-state index contributed by atoms with van der Waals surface area (Å²) in [5.74, 6) is 0.769. The normalized spacial score (nSPS) is 27.9. The fourth-order valence-electron chi connectivity index (χ4n) is 3.84. The van der Waals surface area contributed by atoms with Crippen molar-refractivity contribution in [2.24, 2.45) is 17.8 Å². The Labute approximate surface area is 144 Å². The summed E-state index contributed by atoms with van der Waals surface area (Å²) in [7, 11) is -3.27. The molecule has 1 aromatic rings. The van der Waals surface area contributed by atoms with Gasteiger partial charge >= 0.3 is 0 Å². The van der Waals surface area contributed by atoms with Crippen molar-refractivity contribution in [2.75, 3.05) is 6.26 Å². The molecular weight excluding hydrogens is 322 g/mol. The van der Waals surface area contributed by atoms with E-state index >= 15 is 0 Å². The molecule has 0 spiro atoms. The number of rotatable bonds is 5. The standard InChI is InChI=1S/C19H25NO3S/c1-12-4-7-15(8-5-12)18(13(2)24(3,22)23)20-19(21)17-11-14-6-9-16(17)10-14/h4-9,13-14,16-18H,10-11H2,1-3H3,(H,20,21)/t13-,14-,16-,17+,18+/m0/s1. The third-order valence-electron chi connectivity index (χ3n) is 5.49. The zero-order valence-corrected chi connectivity index (χ0v) is 15.2. The summed E-state index contributed by atoms with van der Waals surface area (Å²) in [5.41, 5.74) is 1.94. The number of sulfone groups is 1. The minimum absolute atomic E-state index is 0.0204. The molecule has 0 aromatic heterocycles. The van der Waals surface area contributed by atoms with Crippen LogP contribution in [0.3, 0.4) is 0 Å². The van der Waals surface area contributed by atoms with Gasteiger partial charge in [-0.2, -0.15) is 0 Å². The molecule has 0 unspecified atom stereocenters. The van der Waals surface area contributed by atoms with Crippen LogP contribution >= 0.6 is 0 Å². The van der Waals surface area contributed by atoms with Crippen LogP contribution in [0.15, 0.2) is 36.4 Å². The number of hydrogen-bond donors (Lipinski definition) is 1. The van der Waals surface area contributed by atoms with Gasteiger partial charge in [0.25, 0.3) is 0 Å². The minimum Gasteiger partial charge on any atom is -0.348 e. The number of aryl methyl sites for hydroxylation is 1. The van der Waals surface area contributed by atoms with Crippen LogP contribution in [0.25, 0.3) is 0 Å². The molecule has 2 bridgehead atoms. The van der Waals surface area contributed by atoms with Gasteiger partial charge in [-0.25, -0.2) is 8.42 Å². The number of nitrogens with one attached hydrogen (secondary N) is 1. The number of carbonyl (C=O) groups excluding carboxylic acids is 1. The topological polar surface area (TPSA) is 63.2 Å². The molecular formula is C19H25NO3S. The average Bonchev–Trinajstić information content (AvgIpc) is 3.15. The van der Waals surface area contributed by atoms with Crippen molar-refractivity contribution in [1.29, 1.82) is 0 Å². The maximum Gasteiger partial charge on any atom is 0.224 e. The van der Waals surface area contributed by atoms with Crippen LogP contribution in [0.2, 0.25) is 0 Å². The molecule has 3 rings (SSSR count). The van der Waals surface area contributed by atoms with E-state index in [0.717, 1.165) is 24.0 Å². The van der Waals surface area contributed by atoms with Crippen LogP contribution < -0.4 is 5.32 Å². The largest absolute Gasteiger partial charge is 0.348 e. The maximum atomic E-state index is 12.8. The Kier molecular flexibility index (Phi) is 4.56. The van der Waals surface area contributed by atoms with Crippen molar-refractivity contribution in [2.45, 2.75) is 38.0 Å². The van der Waals surface area contributed by atoms with Gasteiger partial charge in [0, 0.05) is 12.2 Å². The first-order chi connectivity index (χ1) is 11.3. The Morgan fingerprint density at radius 2 is 1.83 bits per heavy atom. The fraction of sp³-hybridized carbons (Fsp3) is 0.526. The highest BCUT2D eigenvalue weighted by atomic mass is 32.2. The summed E-state index contributed by atoms with van der Waals surface area (Å²) in [5, 5.41) is 2.37. The monoisotopic (exact) mass is 347 g/mol. The van der Waals surface area contributed by atoms with Gasteiger partial charge < -0.3 is 5.32 Å². The Bertz CT molecular complexity index is 751. The molecule has 1 N–H and O–H groups in total. The first kappa shape index (κ1) is 17.2. The fourth-order valence-corrected chi connectivity index (χ4v) is 4.55. The van der Waals surface area contributed by atoms with Crippen LogP contribution in [0, 0.1) is 24.7 Å². The average molecular weight is 347 g/mol. The summed E-state index contributed by atoms with van der Waals surface area (Å²) in [6, 6.07) is 7.19. The number of fused-ring (bicyclic) bond motifs is 2. The first-order valence-electron chi connectivity index (χ1n) is 8.50. The van der Waals surface area contributed by atoms with Gasteiger partial charge in [0.1, 0.15) is 0 Å². The molecule has 1 aromatic carbocycles. The van der Waals surface area contributed by atoms with E-state index in [4.69, 9.17) is 0 Å². The molecule has 5 atom stereocenters. The maximum absolute atomic E-state index is 12.8. The number of allylic oxidation sites excluding steroid dienone is 2. The van der Waals surface area contributed by atoms with Crippen molar-refractivity contribution < 1.29 is 13.2 Å². The second-order valence-corrected chi connectivity index (χ2v) is 9.72. The molecule has 0 heterocycles. The second kappa shape index (κ2) is 6.36. The number of carbonyl (C=O) groups is 1. The van der Waals surface area contributed by atoms with E-state index in [1.54, 1.807) is 6.92 Å². The summed E-state index contributed by atoms with van der Waals surface area (Å²) >= 11 is 0. The summed E-state index contributed by atoms with van der Waals surface area (Å²) < 4.78 is 24.2. The predicted octanol–water partition coefficient (Wildman–Crippen LogP) is 2.80. The lowest BCUT2D eigenvalue weighted by atomic mass is 9.92. The van der Waals surface area contributed by atoms with Crippen molar-refractivity contribution in [3.05, 3.63) is 47.5 Å². The SMILES string of the molecule is Cc1ccc([C@H](NC(=O)[C@@H]2C[C@H]3C=C[C@H]2C3)[C@H](C)S(C)(=O)=O)cc1. The summed E-state index contributed by atoms with van der Waals surface area (Å²) in [6.07, 6.45) is 7.49. The Balaban J connectivity index is 1.83. The third kappa shape index (κ3) is 3.41. The molecule has 4 nitrogen and oxygen atoms in total. The van der Waals surface area contributed by atoms with Crippen molar-refractivity contribution in [3.63, 3.8) is 0 Å². The number of benzene rings is 1. The Hall–Kier alpha value is -1.62. The summed E-state index contributed by atoms with van der Waals surface area (Å²) in [6.45, 7) is 3.65. The van der Waals surface area contributed by atoms with E-state index in [1.165, 1.54) is 6.26 Å². The highest BCUT2D eigenvalue weighted by Crippen LogP contribution is 2.43. The third-order valence-corrected chi connectivity index (χ3v) is 7.12. The lowest BCUT2D eigenvalue weighted by molar-refractivity contribution is -0.126. The van der Waals surface area contributed by atoms with Crippen molar-refractivity contribution in [3.8, 4) is 0 Å². The second-order valence-electron chi connectivity index (χ2n) is 7.32. The molecule has 2 aliphatic rings. The highest BCUT2D eigenvalue weighted by molar-refractivity contribution is 7.91. The molecule has 0 aliphatic heterocycles. The molecule has 2 aliphatic carbocycles. The molecule has 1 fully saturated rings. The molecule has 0 radical (unpaired) electrons. The van der Waals surface area contributed by atoms with Gasteiger partial charge in [-0.15, -0.1) is 0 Å². The van der Waals surface area contributed by atoms with Gasteiger partial charge in [-0.05, 0) is 44.1 Å². The van der Waals surface area contributed by atoms with Gasteiger partial charge in [0.15, 0.2) is 9.84 Å². The van der Waals surface area contributed by atoms with Crippen LogP contribution in [0.4, 0.5) is 0 Å².